The summed E-state index contributed by atoms with van der Waals surface area (Å²) < 4.78 is 20.5. The zero-order valence-corrected chi connectivity index (χ0v) is 20.1. The summed E-state index contributed by atoms with van der Waals surface area (Å²) in [6.45, 7) is 3.32. The molecule has 2 aliphatic rings. The van der Waals surface area contributed by atoms with Crippen LogP contribution < -0.4 is 15.4 Å². The minimum Gasteiger partial charge on any atom is -0.426 e. The maximum absolute atomic E-state index is 14.3. The number of carbonyl (C=O) groups is 4. The van der Waals surface area contributed by atoms with Gasteiger partial charge < -0.3 is 20.3 Å². The van der Waals surface area contributed by atoms with Gasteiger partial charge in [-0.3, -0.25) is 19.2 Å². The lowest BCUT2D eigenvalue weighted by Crippen LogP contribution is -2.40. The van der Waals surface area contributed by atoms with Gasteiger partial charge in [0.25, 0.3) is 11.8 Å². The number of hydrogen-bond acceptors (Lipinski definition) is 7. The lowest BCUT2D eigenvalue weighted by molar-refractivity contribution is -0.132. The summed E-state index contributed by atoms with van der Waals surface area (Å²) in [5, 5.41) is 9.45. The SMILES string of the molecule is CC(=O)N1CCC(CNC(=O)c2cc(C(=O)NCc3ccc4c(c3)CC(=O)O4)nc3c(F)cnn23)CC1. The fourth-order valence-corrected chi connectivity index (χ4v) is 4.56. The molecule has 3 amide bonds. The van der Waals surface area contributed by atoms with E-state index in [2.05, 4.69) is 20.7 Å². The van der Waals surface area contributed by atoms with Crippen LogP contribution in [0.4, 0.5) is 4.39 Å². The molecule has 2 aromatic heterocycles. The van der Waals surface area contributed by atoms with E-state index in [0.717, 1.165) is 34.7 Å². The molecule has 1 aromatic carbocycles. The molecule has 1 fully saturated rings. The molecule has 0 aliphatic carbocycles. The van der Waals surface area contributed by atoms with E-state index in [9.17, 15) is 23.6 Å². The van der Waals surface area contributed by atoms with Crippen LogP contribution in [-0.4, -0.2) is 62.8 Å². The number of likely N-dealkylation sites (tertiary alicyclic amines) is 1. The van der Waals surface area contributed by atoms with Crippen molar-refractivity contribution in [3.63, 3.8) is 0 Å². The number of halogens is 1. The number of hydrogen-bond donors (Lipinski definition) is 2. The van der Waals surface area contributed by atoms with Crippen LogP contribution in [0.3, 0.4) is 0 Å². The van der Waals surface area contributed by atoms with Gasteiger partial charge in [-0.2, -0.15) is 5.10 Å². The summed E-state index contributed by atoms with van der Waals surface area (Å²) in [6.07, 6.45) is 2.63. The Morgan fingerprint density at radius 2 is 1.92 bits per heavy atom. The number of amides is 3. The van der Waals surface area contributed by atoms with Crippen molar-refractivity contribution in [1.82, 2.24) is 30.1 Å². The minimum absolute atomic E-state index is 0.0200. The molecule has 12 heteroatoms. The van der Waals surface area contributed by atoms with Gasteiger partial charge in [0.2, 0.25) is 5.91 Å². The second-order valence-electron chi connectivity index (χ2n) is 9.19. The number of nitrogens with one attached hydrogen (secondary N) is 2. The Hall–Kier alpha value is -4.35. The summed E-state index contributed by atoms with van der Waals surface area (Å²) in [4.78, 5) is 54.7. The van der Waals surface area contributed by atoms with Gasteiger partial charge >= 0.3 is 5.97 Å². The highest BCUT2D eigenvalue weighted by Crippen LogP contribution is 2.26. The van der Waals surface area contributed by atoms with Crippen molar-refractivity contribution in [2.75, 3.05) is 19.6 Å². The Bertz CT molecular complexity index is 1410. The van der Waals surface area contributed by atoms with Gasteiger partial charge in [0.1, 0.15) is 17.1 Å². The Kier molecular flexibility index (Phi) is 6.55. The number of fused-ring (bicyclic) bond motifs is 2. The van der Waals surface area contributed by atoms with E-state index in [-0.39, 0.29) is 47.8 Å². The standard InChI is InChI=1S/C25H25FN6O5/c1-14(33)31-6-4-15(5-7-31)11-28-25(36)20-10-19(30-23-18(26)13-29-32(20)23)24(35)27-12-16-2-3-21-17(8-16)9-22(34)37-21/h2-3,8,10,13,15H,4-7,9,11-12H2,1H3,(H,27,35)(H,28,36). The second-order valence-corrected chi connectivity index (χ2v) is 9.19. The molecule has 2 N–H and O–H groups in total. The highest BCUT2D eigenvalue weighted by atomic mass is 19.1. The smallest absolute Gasteiger partial charge is 0.315 e. The molecule has 11 nitrogen and oxygen atoms in total. The first-order valence-corrected chi connectivity index (χ1v) is 12.0. The van der Waals surface area contributed by atoms with Crippen LogP contribution in [0.5, 0.6) is 5.75 Å². The van der Waals surface area contributed by atoms with E-state index in [1.54, 1.807) is 23.1 Å². The zero-order chi connectivity index (χ0) is 26.1. The molecule has 2 aliphatic heterocycles. The molecule has 5 rings (SSSR count). The number of carbonyl (C=O) groups excluding carboxylic acids is 4. The van der Waals surface area contributed by atoms with Gasteiger partial charge in [-0.25, -0.2) is 13.9 Å². The minimum atomic E-state index is -0.761. The molecule has 4 heterocycles. The Morgan fingerprint density at radius 3 is 2.68 bits per heavy atom. The summed E-state index contributed by atoms with van der Waals surface area (Å²) in [5.74, 6) is -1.46. The van der Waals surface area contributed by atoms with Crippen LogP contribution in [0.2, 0.25) is 0 Å². The first-order chi connectivity index (χ1) is 17.8. The van der Waals surface area contributed by atoms with Gasteiger partial charge in [-0.1, -0.05) is 6.07 Å². The second kappa shape index (κ2) is 9.96. The predicted molar refractivity (Wildman–Crippen MR) is 127 cm³/mol. The quantitative estimate of drug-likeness (QED) is 0.378. The third kappa shape index (κ3) is 5.13. The van der Waals surface area contributed by atoms with E-state index in [4.69, 9.17) is 4.74 Å². The summed E-state index contributed by atoms with van der Waals surface area (Å²) >= 11 is 0. The van der Waals surface area contributed by atoms with Crippen molar-refractivity contribution >= 4 is 29.3 Å². The summed E-state index contributed by atoms with van der Waals surface area (Å²) in [6, 6.07) is 6.44. The molecular formula is C25H25FN6O5. The fraction of sp³-hybridized carbons (Fsp3) is 0.360. The van der Waals surface area contributed by atoms with Gasteiger partial charge in [-0.05, 0) is 36.5 Å². The highest BCUT2D eigenvalue weighted by molar-refractivity contribution is 5.98. The molecule has 0 atom stereocenters. The number of benzene rings is 1. The van der Waals surface area contributed by atoms with Crippen molar-refractivity contribution in [1.29, 1.82) is 0 Å². The predicted octanol–water partition coefficient (Wildman–Crippen LogP) is 1.25. The van der Waals surface area contributed by atoms with Gasteiger partial charge in [0.05, 0.1) is 12.6 Å². The Balaban J connectivity index is 1.27. The molecule has 192 valence electrons. The molecule has 0 unspecified atom stereocenters. The summed E-state index contributed by atoms with van der Waals surface area (Å²) in [5.41, 5.74) is 1.10. The maximum atomic E-state index is 14.3. The number of nitrogens with zero attached hydrogens (tertiary/aromatic N) is 4. The van der Waals surface area contributed by atoms with Crippen LogP contribution in [0.25, 0.3) is 5.65 Å². The number of rotatable bonds is 6. The van der Waals surface area contributed by atoms with Gasteiger partial charge in [0.15, 0.2) is 11.5 Å². The van der Waals surface area contributed by atoms with Crippen molar-refractivity contribution in [2.45, 2.75) is 32.7 Å². The molecule has 0 spiro atoms. The average molecular weight is 509 g/mol. The molecule has 3 aromatic rings. The van der Waals surface area contributed by atoms with Crippen molar-refractivity contribution in [3.05, 3.63) is 58.8 Å². The molecule has 0 radical (unpaired) electrons. The van der Waals surface area contributed by atoms with E-state index in [0.29, 0.717) is 25.4 Å². The Labute approximate surface area is 211 Å². The maximum Gasteiger partial charge on any atom is 0.315 e. The molecular weight excluding hydrogens is 483 g/mol. The molecule has 0 bridgehead atoms. The summed E-state index contributed by atoms with van der Waals surface area (Å²) in [7, 11) is 0. The molecule has 1 saturated heterocycles. The van der Waals surface area contributed by atoms with E-state index in [1.807, 2.05) is 0 Å². The van der Waals surface area contributed by atoms with Crippen LogP contribution in [-0.2, 0) is 22.6 Å². The van der Waals surface area contributed by atoms with Crippen LogP contribution in [0.1, 0.15) is 51.9 Å². The van der Waals surface area contributed by atoms with Crippen LogP contribution >= 0.6 is 0 Å². The van der Waals surface area contributed by atoms with Gasteiger partial charge in [-0.15, -0.1) is 0 Å². The number of aromatic nitrogens is 3. The number of piperidine rings is 1. The number of ether oxygens (including phenoxy) is 1. The largest absolute Gasteiger partial charge is 0.426 e. The zero-order valence-electron chi connectivity index (χ0n) is 20.1. The average Bonchev–Trinajstić information content (AvgIpc) is 3.46. The van der Waals surface area contributed by atoms with Crippen molar-refractivity contribution < 1.29 is 28.3 Å². The first-order valence-electron chi connectivity index (χ1n) is 12.0. The fourth-order valence-electron chi connectivity index (χ4n) is 4.56. The lowest BCUT2D eigenvalue weighted by Gasteiger charge is -2.31. The third-order valence-corrected chi connectivity index (χ3v) is 6.64. The monoisotopic (exact) mass is 508 g/mol. The normalized spacial score (nSPS) is 15.4. The third-order valence-electron chi connectivity index (χ3n) is 6.64. The van der Waals surface area contributed by atoms with Crippen LogP contribution in [0.15, 0.2) is 30.5 Å². The first kappa shape index (κ1) is 24.3. The molecule has 37 heavy (non-hydrogen) atoms. The Morgan fingerprint density at radius 1 is 1.14 bits per heavy atom. The van der Waals surface area contributed by atoms with E-state index < -0.39 is 17.6 Å². The van der Waals surface area contributed by atoms with Crippen molar-refractivity contribution in [3.8, 4) is 5.75 Å². The topological polar surface area (TPSA) is 135 Å². The molecule has 0 saturated carbocycles. The number of esters is 1. The van der Waals surface area contributed by atoms with Crippen molar-refractivity contribution in [2.24, 2.45) is 5.92 Å². The van der Waals surface area contributed by atoms with E-state index >= 15 is 0 Å². The van der Waals surface area contributed by atoms with Crippen LogP contribution in [0, 0.1) is 11.7 Å². The highest BCUT2D eigenvalue weighted by Gasteiger charge is 2.24. The lowest BCUT2D eigenvalue weighted by atomic mass is 9.97. The van der Waals surface area contributed by atoms with E-state index in [1.165, 1.54) is 13.0 Å². The van der Waals surface area contributed by atoms with Gasteiger partial charge in [0, 0.05) is 44.7 Å².